The Bertz CT molecular complexity index is 257. The Morgan fingerprint density at radius 1 is 1.58 bits per heavy atom. The first-order valence-corrected chi connectivity index (χ1v) is 4.40. The highest BCUT2D eigenvalue weighted by Gasteiger charge is 2.37. The fourth-order valence-corrected chi connectivity index (χ4v) is 2.37. The van der Waals surface area contributed by atoms with Gasteiger partial charge in [-0.05, 0) is 25.3 Å². The van der Waals surface area contributed by atoms with E-state index in [1.165, 1.54) is 6.42 Å². The van der Waals surface area contributed by atoms with Gasteiger partial charge in [-0.2, -0.15) is 0 Å². The van der Waals surface area contributed by atoms with Crippen molar-refractivity contribution >= 4 is 5.97 Å². The number of rotatable bonds is 1. The summed E-state index contributed by atoms with van der Waals surface area (Å²) < 4.78 is 0. The van der Waals surface area contributed by atoms with Crippen molar-refractivity contribution in [3.8, 4) is 0 Å². The van der Waals surface area contributed by atoms with Gasteiger partial charge < -0.3 is 10.4 Å². The van der Waals surface area contributed by atoms with Crippen molar-refractivity contribution in [2.75, 3.05) is 0 Å². The molecular weight excluding hydrogens is 154 g/mol. The lowest BCUT2D eigenvalue weighted by atomic mass is 9.98. The molecule has 1 heterocycles. The second kappa shape index (κ2) is 2.51. The lowest BCUT2D eigenvalue weighted by molar-refractivity contribution is -0.133. The molecule has 2 rings (SSSR count). The zero-order chi connectivity index (χ0) is 8.72. The van der Waals surface area contributed by atoms with E-state index in [1.54, 1.807) is 0 Å². The average molecular weight is 167 g/mol. The summed E-state index contributed by atoms with van der Waals surface area (Å²) in [5.74, 6) is -0.307. The second-order valence-corrected chi connectivity index (χ2v) is 3.65. The Labute approximate surface area is 71.5 Å². The van der Waals surface area contributed by atoms with E-state index in [2.05, 4.69) is 5.32 Å². The topological polar surface area (TPSA) is 49.3 Å². The maximum absolute atomic E-state index is 10.7. The molecule has 0 bridgehead atoms. The largest absolute Gasteiger partial charge is 0.477 e. The van der Waals surface area contributed by atoms with Crippen LogP contribution in [0.3, 0.4) is 0 Å². The van der Waals surface area contributed by atoms with E-state index in [0.29, 0.717) is 17.7 Å². The molecule has 1 saturated carbocycles. The maximum Gasteiger partial charge on any atom is 0.351 e. The van der Waals surface area contributed by atoms with Gasteiger partial charge in [0.15, 0.2) is 0 Å². The molecule has 0 amide bonds. The van der Waals surface area contributed by atoms with Crippen molar-refractivity contribution in [1.82, 2.24) is 5.32 Å². The Morgan fingerprint density at radius 3 is 2.92 bits per heavy atom. The SMILES string of the molecule is CC1=C(C(=O)O)NC2CCCC12. The number of hydrogen-bond acceptors (Lipinski definition) is 2. The van der Waals surface area contributed by atoms with Crippen LogP contribution < -0.4 is 5.32 Å². The minimum atomic E-state index is -0.804. The van der Waals surface area contributed by atoms with Crippen molar-refractivity contribution in [3.05, 3.63) is 11.3 Å². The molecule has 0 aromatic heterocycles. The molecular formula is C9H13NO2. The Balaban J connectivity index is 2.26. The molecule has 1 aliphatic carbocycles. The summed E-state index contributed by atoms with van der Waals surface area (Å²) in [5, 5.41) is 11.9. The number of hydrogen-bond donors (Lipinski definition) is 2. The van der Waals surface area contributed by atoms with E-state index in [4.69, 9.17) is 5.11 Å². The molecule has 1 fully saturated rings. The number of carboxylic acids is 1. The van der Waals surface area contributed by atoms with Gasteiger partial charge in [0, 0.05) is 12.0 Å². The van der Waals surface area contributed by atoms with Gasteiger partial charge in [-0.1, -0.05) is 6.42 Å². The molecule has 12 heavy (non-hydrogen) atoms. The van der Waals surface area contributed by atoms with E-state index >= 15 is 0 Å². The van der Waals surface area contributed by atoms with Crippen LogP contribution in [-0.2, 0) is 4.79 Å². The lowest BCUT2D eigenvalue weighted by Crippen LogP contribution is -2.26. The van der Waals surface area contributed by atoms with Gasteiger partial charge in [0.1, 0.15) is 5.70 Å². The first kappa shape index (κ1) is 7.65. The minimum Gasteiger partial charge on any atom is -0.477 e. The summed E-state index contributed by atoms with van der Waals surface area (Å²) in [4.78, 5) is 10.7. The third-order valence-corrected chi connectivity index (χ3v) is 3.01. The number of nitrogens with one attached hydrogen (secondary N) is 1. The molecule has 3 nitrogen and oxygen atoms in total. The van der Waals surface area contributed by atoms with Crippen molar-refractivity contribution in [2.45, 2.75) is 32.2 Å². The van der Waals surface area contributed by atoms with Gasteiger partial charge in [0.2, 0.25) is 0 Å². The quantitative estimate of drug-likeness (QED) is 0.615. The first-order chi connectivity index (χ1) is 5.70. The van der Waals surface area contributed by atoms with Crippen LogP contribution in [0.15, 0.2) is 11.3 Å². The van der Waals surface area contributed by atoms with E-state index in [1.807, 2.05) is 6.92 Å². The van der Waals surface area contributed by atoms with Gasteiger partial charge >= 0.3 is 5.97 Å². The third-order valence-electron chi connectivity index (χ3n) is 3.01. The fraction of sp³-hybridized carbons (Fsp3) is 0.667. The Hall–Kier alpha value is -0.990. The van der Waals surface area contributed by atoms with Crippen LogP contribution in [0.5, 0.6) is 0 Å². The number of aliphatic carboxylic acids is 1. The lowest BCUT2D eigenvalue weighted by Gasteiger charge is -2.09. The van der Waals surface area contributed by atoms with E-state index in [-0.39, 0.29) is 0 Å². The van der Waals surface area contributed by atoms with Gasteiger partial charge in [-0.3, -0.25) is 0 Å². The van der Waals surface area contributed by atoms with Crippen LogP contribution in [0.2, 0.25) is 0 Å². The standard InChI is InChI=1S/C9H13NO2/c1-5-6-3-2-4-7(6)10-8(5)9(11)12/h6-7,10H,2-4H2,1H3,(H,11,12). The smallest absolute Gasteiger partial charge is 0.351 e. The third kappa shape index (κ3) is 0.924. The predicted molar refractivity (Wildman–Crippen MR) is 44.6 cm³/mol. The molecule has 2 atom stereocenters. The van der Waals surface area contributed by atoms with Crippen molar-refractivity contribution in [2.24, 2.45) is 5.92 Å². The average Bonchev–Trinajstić information content (AvgIpc) is 2.53. The molecule has 2 unspecified atom stereocenters. The van der Waals surface area contributed by atoms with Crippen LogP contribution >= 0.6 is 0 Å². The molecule has 3 heteroatoms. The van der Waals surface area contributed by atoms with Crippen molar-refractivity contribution in [1.29, 1.82) is 0 Å². The molecule has 66 valence electrons. The Morgan fingerprint density at radius 2 is 2.33 bits per heavy atom. The molecule has 0 radical (unpaired) electrons. The molecule has 0 saturated heterocycles. The van der Waals surface area contributed by atoms with E-state index < -0.39 is 5.97 Å². The minimum absolute atomic E-state index is 0.413. The molecule has 2 N–H and O–H groups in total. The predicted octanol–water partition coefficient (Wildman–Crippen LogP) is 1.12. The monoisotopic (exact) mass is 167 g/mol. The summed E-state index contributed by atoms with van der Waals surface area (Å²) in [6.07, 6.45) is 3.51. The van der Waals surface area contributed by atoms with E-state index in [9.17, 15) is 4.79 Å². The Kier molecular flexibility index (Phi) is 1.60. The normalized spacial score (nSPS) is 33.4. The van der Waals surface area contributed by atoms with Crippen LogP contribution in [0.4, 0.5) is 0 Å². The summed E-state index contributed by atoms with van der Waals surface area (Å²) in [5.41, 5.74) is 1.50. The summed E-state index contributed by atoms with van der Waals surface area (Å²) in [6.45, 7) is 1.94. The van der Waals surface area contributed by atoms with Crippen LogP contribution in [0.1, 0.15) is 26.2 Å². The van der Waals surface area contributed by atoms with Gasteiger partial charge in [-0.15, -0.1) is 0 Å². The van der Waals surface area contributed by atoms with Gasteiger partial charge in [0.25, 0.3) is 0 Å². The van der Waals surface area contributed by atoms with Gasteiger partial charge in [-0.25, -0.2) is 4.79 Å². The molecule has 0 aromatic rings. The molecule has 0 spiro atoms. The van der Waals surface area contributed by atoms with Crippen LogP contribution in [0, 0.1) is 5.92 Å². The van der Waals surface area contributed by atoms with Crippen LogP contribution in [0.25, 0.3) is 0 Å². The number of fused-ring (bicyclic) bond motifs is 1. The highest BCUT2D eigenvalue weighted by atomic mass is 16.4. The van der Waals surface area contributed by atoms with Crippen molar-refractivity contribution in [3.63, 3.8) is 0 Å². The fourth-order valence-electron chi connectivity index (χ4n) is 2.37. The molecule has 2 aliphatic rings. The van der Waals surface area contributed by atoms with Crippen molar-refractivity contribution < 1.29 is 9.90 Å². The zero-order valence-corrected chi connectivity index (χ0v) is 7.13. The first-order valence-electron chi connectivity index (χ1n) is 4.40. The summed E-state index contributed by atoms with van der Waals surface area (Å²) >= 11 is 0. The van der Waals surface area contributed by atoms with E-state index in [0.717, 1.165) is 18.4 Å². The number of carbonyl (C=O) groups is 1. The second-order valence-electron chi connectivity index (χ2n) is 3.65. The molecule has 1 aliphatic heterocycles. The highest BCUT2D eigenvalue weighted by Crippen LogP contribution is 2.37. The summed E-state index contributed by atoms with van der Waals surface area (Å²) in [7, 11) is 0. The zero-order valence-electron chi connectivity index (χ0n) is 7.13. The summed E-state index contributed by atoms with van der Waals surface area (Å²) in [6, 6.07) is 0.413. The van der Waals surface area contributed by atoms with Crippen LogP contribution in [-0.4, -0.2) is 17.1 Å². The highest BCUT2D eigenvalue weighted by molar-refractivity contribution is 5.87. The number of carboxylic acid groups (broad SMARTS) is 1. The molecule has 0 aromatic carbocycles. The van der Waals surface area contributed by atoms with Gasteiger partial charge in [0.05, 0.1) is 0 Å². The maximum atomic E-state index is 10.7.